The molecule has 1 aromatic rings. The fourth-order valence-electron chi connectivity index (χ4n) is 1.02. The van der Waals surface area contributed by atoms with Gasteiger partial charge in [0.1, 0.15) is 0 Å². The van der Waals surface area contributed by atoms with Gasteiger partial charge in [0.2, 0.25) is 5.95 Å². The summed E-state index contributed by atoms with van der Waals surface area (Å²) in [5.74, 6) is -0.507. The third kappa shape index (κ3) is 3.14. The molecule has 1 heterocycles. The van der Waals surface area contributed by atoms with E-state index in [4.69, 9.17) is 5.73 Å². The third-order valence-corrected chi connectivity index (χ3v) is 1.76. The van der Waals surface area contributed by atoms with Crippen molar-refractivity contribution in [2.45, 2.75) is 6.42 Å². The Kier molecular flexibility index (Phi) is 4.07. The maximum atomic E-state index is 12.7. The SMILES string of the molecule is CNCCC=Cc1nc(F)ccc1N. The molecule has 14 heavy (non-hydrogen) atoms. The van der Waals surface area contributed by atoms with Crippen molar-refractivity contribution in [3.05, 3.63) is 29.9 Å². The zero-order valence-electron chi connectivity index (χ0n) is 8.13. The van der Waals surface area contributed by atoms with E-state index >= 15 is 0 Å². The number of hydrogen-bond acceptors (Lipinski definition) is 3. The molecule has 0 saturated heterocycles. The number of hydrogen-bond donors (Lipinski definition) is 2. The minimum absolute atomic E-state index is 0.487. The molecule has 1 rings (SSSR count). The highest BCUT2D eigenvalue weighted by atomic mass is 19.1. The van der Waals surface area contributed by atoms with Crippen LogP contribution in [0.4, 0.5) is 10.1 Å². The topological polar surface area (TPSA) is 50.9 Å². The Hall–Kier alpha value is -1.42. The first kappa shape index (κ1) is 10.7. The lowest BCUT2D eigenvalue weighted by atomic mass is 10.2. The summed E-state index contributed by atoms with van der Waals surface area (Å²) in [5.41, 5.74) is 6.59. The van der Waals surface area contributed by atoms with Gasteiger partial charge >= 0.3 is 0 Å². The maximum Gasteiger partial charge on any atom is 0.213 e. The predicted octanol–water partition coefficient (Wildman–Crippen LogP) is 1.43. The van der Waals surface area contributed by atoms with E-state index in [0.717, 1.165) is 13.0 Å². The number of aromatic nitrogens is 1. The molecule has 0 radical (unpaired) electrons. The average Bonchev–Trinajstić information content (AvgIpc) is 2.18. The van der Waals surface area contributed by atoms with Crippen LogP contribution in [0.2, 0.25) is 0 Å². The number of anilines is 1. The number of rotatable bonds is 4. The normalized spacial score (nSPS) is 11.0. The van der Waals surface area contributed by atoms with E-state index in [1.807, 2.05) is 13.1 Å². The van der Waals surface area contributed by atoms with E-state index < -0.39 is 5.95 Å². The fraction of sp³-hybridized carbons (Fsp3) is 0.300. The summed E-state index contributed by atoms with van der Waals surface area (Å²) < 4.78 is 12.7. The molecule has 76 valence electrons. The monoisotopic (exact) mass is 195 g/mol. The minimum atomic E-state index is -0.507. The Bertz CT molecular complexity index is 323. The Balaban J connectivity index is 2.65. The van der Waals surface area contributed by atoms with Crippen molar-refractivity contribution in [1.82, 2.24) is 10.3 Å². The second-order valence-corrected chi connectivity index (χ2v) is 2.90. The van der Waals surface area contributed by atoms with Crippen LogP contribution in [0.15, 0.2) is 18.2 Å². The summed E-state index contributed by atoms with van der Waals surface area (Å²) in [6, 6.07) is 2.76. The first-order chi connectivity index (χ1) is 6.74. The Morgan fingerprint density at radius 1 is 1.57 bits per heavy atom. The second kappa shape index (κ2) is 5.34. The number of pyridine rings is 1. The molecule has 0 spiro atoms. The van der Waals surface area contributed by atoms with E-state index in [9.17, 15) is 4.39 Å². The van der Waals surface area contributed by atoms with E-state index in [1.54, 1.807) is 6.08 Å². The summed E-state index contributed by atoms with van der Waals surface area (Å²) in [6.45, 7) is 0.881. The smallest absolute Gasteiger partial charge is 0.213 e. The number of halogens is 1. The minimum Gasteiger partial charge on any atom is -0.397 e. The zero-order chi connectivity index (χ0) is 10.4. The van der Waals surface area contributed by atoms with Gasteiger partial charge in [-0.3, -0.25) is 0 Å². The second-order valence-electron chi connectivity index (χ2n) is 2.90. The molecule has 1 aromatic heterocycles. The molecule has 0 saturated carbocycles. The Morgan fingerprint density at radius 3 is 3.07 bits per heavy atom. The van der Waals surface area contributed by atoms with E-state index in [0.29, 0.717) is 11.4 Å². The molecule has 3 N–H and O–H groups in total. The molecule has 0 aliphatic carbocycles. The van der Waals surface area contributed by atoms with Gasteiger partial charge in [-0.05, 0) is 38.2 Å². The van der Waals surface area contributed by atoms with Crippen LogP contribution in [0.25, 0.3) is 6.08 Å². The lowest BCUT2D eigenvalue weighted by molar-refractivity contribution is 0.583. The van der Waals surface area contributed by atoms with Crippen molar-refractivity contribution < 1.29 is 4.39 Å². The first-order valence-electron chi connectivity index (χ1n) is 4.47. The largest absolute Gasteiger partial charge is 0.397 e. The number of nitrogens with zero attached hydrogens (tertiary/aromatic N) is 1. The molecule has 0 amide bonds. The molecular formula is C10H14FN3. The highest BCUT2D eigenvalue weighted by Gasteiger charge is 1.97. The summed E-state index contributed by atoms with van der Waals surface area (Å²) >= 11 is 0. The van der Waals surface area contributed by atoms with Crippen LogP contribution < -0.4 is 11.1 Å². The third-order valence-electron chi connectivity index (χ3n) is 1.76. The lowest BCUT2D eigenvalue weighted by Crippen LogP contribution is -2.05. The standard InChI is InChI=1S/C10H14FN3/c1-13-7-3-2-4-9-8(12)5-6-10(11)14-9/h2,4-6,13H,3,7,12H2,1H3. The quantitative estimate of drug-likeness (QED) is 0.564. The molecule has 0 aromatic carbocycles. The van der Waals surface area contributed by atoms with Crippen LogP contribution in [0, 0.1) is 5.95 Å². The van der Waals surface area contributed by atoms with Gasteiger partial charge in [-0.2, -0.15) is 4.39 Å². The molecular weight excluding hydrogens is 181 g/mol. The summed E-state index contributed by atoms with van der Waals surface area (Å²) in [7, 11) is 1.88. The molecule has 0 aliphatic rings. The van der Waals surface area contributed by atoms with Crippen molar-refractivity contribution in [3.63, 3.8) is 0 Å². The van der Waals surface area contributed by atoms with Crippen LogP contribution in [0.1, 0.15) is 12.1 Å². The molecule has 0 aliphatic heterocycles. The van der Waals surface area contributed by atoms with Gasteiger partial charge in [0.25, 0.3) is 0 Å². The average molecular weight is 195 g/mol. The van der Waals surface area contributed by atoms with Crippen LogP contribution in [-0.2, 0) is 0 Å². The Labute approximate surface area is 82.8 Å². The fourth-order valence-corrected chi connectivity index (χ4v) is 1.02. The van der Waals surface area contributed by atoms with Gasteiger partial charge in [0.05, 0.1) is 11.4 Å². The van der Waals surface area contributed by atoms with Crippen LogP contribution in [0.5, 0.6) is 0 Å². The van der Waals surface area contributed by atoms with E-state index in [2.05, 4.69) is 10.3 Å². The maximum absolute atomic E-state index is 12.7. The summed E-state index contributed by atoms with van der Waals surface area (Å²) in [5, 5.41) is 3.00. The van der Waals surface area contributed by atoms with Crippen molar-refractivity contribution in [1.29, 1.82) is 0 Å². The van der Waals surface area contributed by atoms with Gasteiger partial charge in [0, 0.05) is 0 Å². The lowest BCUT2D eigenvalue weighted by Gasteiger charge is -1.98. The van der Waals surface area contributed by atoms with Gasteiger partial charge in [-0.15, -0.1) is 0 Å². The number of nitrogen functional groups attached to an aromatic ring is 1. The highest BCUT2D eigenvalue weighted by molar-refractivity contribution is 5.60. The van der Waals surface area contributed by atoms with Crippen molar-refractivity contribution in [2.75, 3.05) is 19.3 Å². The zero-order valence-corrected chi connectivity index (χ0v) is 8.13. The van der Waals surface area contributed by atoms with E-state index in [1.165, 1.54) is 12.1 Å². The van der Waals surface area contributed by atoms with Crippen molar-refractivity contribution >= 4 is 11.8 Å². The molecule has 0 atom stereocenters. The van der Waals surface area contributed by atoms with E-state index in [-0.39, 0.29) is 0 Å². The van der Waals surface area contributed by atoms with Crippen molar-refractivity contribution in [3.8, 4) is 0 Å². The molecule has 0 bridgehead atoms. The molecule has 3 nitrogen and oxygen atoms in total. The van der Waals surface area contributed by atoms with Gasteiger partial charge < -0.3 is 11.1 Å². The van der Waals surface area contributed by atoms with Gasteiger partial charge in [-0.25, -0.2) is 4.98 Å². The molecule has 4 heteroatoms. The molecule has 0 unspecified atom stereocenters. The van der Waals surface area contributed by atoms with Crippen molar-refractivity contribution in [2.24, 2.45) is 0 Å². The van der Waals surface area contributed by atoms with Crippen LogP contribution in [-0.4, -0.2) is 18.6 Å². The van der Waals surface area contributed by atoms with Gasteiger partial charge in [0.15, 0.2) is 0 Å². The molecule has 0 fully saturated rings. The summed E-state index contributed by atoms with van der Waals surface area (Å²) in [4.78, 5) is 3.67. The summed E-state index contributed by atoms with van der Waals surface area (Å²) in [6.07, 6.45) is 4.51. The van der Waals surface area contributed by atoms with Crippen LogP contribution in [0.3, 0.4) is 0 Å². The first-order valence-corrected chi connectivity index (χ1v) is 4.47. The number of nitrogens with one attached hydrogen (secondary N) is 1. The highest BCUT2D eigenvalue weighted by Crippen LogP contribution is 2.10. The van der Waals surface area contributed by atoms with Gasteiger partial charge in [-0.1, -0.05) is 6.08 Å². The Morgan fingerprint density at radius 2 is 2.36 bits per heavy atom. The number of nitrogens with two attached hydrogens (primary N) is 1. The van der Waals surface area contributed by atoms with Crippen LogP contribution >= 0.6 is 0 Å². The predicted molar refractivity (Wildman–Crippen MR) is 56.2 cm³/mol.